The van der Waals surface area contributed by atoms with E-state index >= 15 is 0 Å². The number of hydrogen-bond donors (Lipinski definition) is 2. The zero-order chi connectivity index (χ0) is 16.1. The molecule has 0 saturated carbocycles. The third kappa shape index (κ3) is 3.98. The Balaban J connectivity index is 2.00. The average Bonchev–Trinajstić information content (AvgIpc) is 2.91. The molecule has 0 aliphatic heterocycles. The fraction of sp³-hybridized carbons (Fsp3) is 0.154. The summed E-state index contributed by atoms with van der Waals surface area (Å²) in [6, 6.07) is 1.87. The van der Waals surface area contributed by atoms with E-state index in [4.69, 9.17) is 4.74 Å². The van der Waals surface area contributed by atoms with Crippen molar-refractivity contribution in [2.45, 2.75) is 6.92 Å². The van der Waals surface area contributed by atoms with Crippen molar-refractivity contribution in [3.05, 3.63) is 40.9 Å². The van der Waals surface area contributed by atoms with Crippen molar-refractivity contribution >= 4 is 34.2 Å². The number of halogens is 2. The number of hydrogen-bond acceptors (Lipinski definition) is 5. The van der Waals surface area contributed by atoms with Gasteiger partial charge >= 0.3 is 12.0 Å². The first-order valence-electron chi connectivity index (χ1n) is 6.15. The summed E-state index contributed by atoms with van der Waals surface area (Å²) in [5.41, 5.74) is -0.251. The number of ether oxygens (including phenoxy) is 1. The van der Waals surface area contributed by atoms with Gasteiger partial charge in [-0.15, -0.1) is 11.3 Å². The maximum Gasteiger partial charge on any atom is 0.357 e. The number of thiazole rings is 1. The highest BCUT2D eigenvalue weighted by Crippen LogP contribution is 2.18. The van der Waals surface area contributed by atoms with E-state index in [-0.39, 0.29) is 23.1 Å². The summed E-state index contributed by atoms with van der Waals surface area (Å²) in [7, 11) is 0. The third-order valence-corrected chi connectivity index (χ3v) is 3.14. The number of urea groups is 1. The van der Waals surface area contributed by atoms with Gasteiger partial charge in [-0.1, -0.05) is 0 Å². The Morgan fingerprint density at radius 3 is 2.82 bits per heavy atom. The number of nitrogens with one attached hydrogen (secondary N) is 2. The van der Waals surface area contributed by atoms with Gasteiger partial charge in [0.05, 0.1) is 12.3 Å². The molecular weight excluding hydrogens is 316 g/mol. The van der Waals surface area contributed by atoms with Crippen LogP contribution in [0.15, 0.2) is 23.6 Å². The summed E-state index contributed by atoms with van der Waals surface area (Å²) in [5.74, 6) is -2.07. The number of amides is 2. The summed E-state index contributed by atoms with van der Waals surface area (Å²) in [4.78, 5) is 27.0. The summed E-state index contributed by atoms with van der Waals surface area (Å²) in [6.07, 6.45) is 0. The van der Waals surface area contributed by atoms with Gasteiger partial charge in [0.2, 0.25) is 0 Å². The van der Waals surface area contributed by atoms with Crippen LogP contribution in [0.1, 0.15) is 17.4 Å². The third-order valence-electron chi connectivity index (χ3n) is 2.39. The quantitative estimate of drug-likeness (QED) is 0.845. The van der Waals surface area contributed by atoms with Crippen LogP contribution < -0.4 is 10.6 Å². The molecule has 2 aromatic rings. The van der Waals surface area contributed by atoms with E-state index in [0.717, 1.165) is 29.5 Å². The molecule has 0 aliphatic rings. The van der Waals surface area contributed by atoms with Gasteiger partial charge in [0.25, 0.3) is 0 Å². The topological polar surface area (TPSA) is 80.3 Å². The Labute approximate surface area is 128 Å². The van der Waals surface area contributed by atoms with Gasteiger partial charge in [0, 0.05) is 11.4 Å². The fourth-order valence-electron chi connectivity index (χ4n) is 1.47. The van der Waals surface area contributed by atoms with E-state index < -0.39 is 23.6 Å². The van der Waals surface area contributed by atoms with Crippen LogP contribution in [0.5, 0.6) is 0 Å². The second-order valence-electron chi connectivity index (χ2n) is 3.96. The van der Waals surface area contributed by atoms with Crippen molar-refractivity contribution in [1.82, 2.24) is 4.98 Å². The lowest BCUT2D eigenvalue weighted by molar-refractivity contribution is 0.0520. The zero-order valence-electron chi connectivity index (χ0n) is 11.4. The molecule has 0 bridgehead atoms. The zero-order valence-corrected chi connectivity index (χ0v) is 12.2. The smallest absolute Gasteiger partial charge is 0.357 e. The number of anilines is 2. The molecule has 1 aromatic carbocycles. The number of carbonyl (C=O) groups is 2. The van der Waals surface area contributed by atoms with Crippen LogP contribution in [0.25, 0.3) is 0 Å². The van der Waals surface area contributed by atoms with E-state index in [1.54, 1.807) is 6.92 Å². The van der Waals surface area contributed by atoms with Crippen molar-refractivity contribution in [2.75, 3.05) is 17.2 Å². The van der Waals surface area contributed by atoms with Crippen molar-refractivity contribution in [2.24, 2.45) is 0 Å². The molecule has 116 valence electrons. The fourth-order valence-corrected chi connectivity index (χ4v) is 2.15. The Morgan fingerprint density at radius 1 is 1.32 bits per heavy atom. The van der Waals surface area contributed by atoms with Crippen molar-refractivity contribution < 1.29 is 23.1 Å². The van der Waals surface area contributed by atoms with Crippen LogP contribution in [0, 0.1) is 11.6 Å². The van der Waals surface area contributed by atoms with E-state index in [0.29, 0.717) is 0 Å². The molecule has 2 N–H and O–H groups in total. The lowest BCUT2D eigenvalue weighted by Crippen LogP contribution is -2.20. The second kappa shape index (κ2) is 6.94. The molecule has 0 saturated heterocycles. The summed E-state index contributed by atoms with van der Waals surface area (Å²) < 4.78 is 31.1. The standard InChI is InChI=1S/C13H11F2N3O3S/c1-2-21-11(19)10-6-22-13(17-10)18-12(20)16-9-5-7(14)3-4-8(9)15/h3-6H,2H2,1H3,(H2,16,17,18,20). The maximum atomic E-state index is 13.4. The number of aromatic nitrogens is 1. The number of nitrogens with zero attached hydrogens (tertiary/aromatic N) is 1. The minimum Gasteiger partial charge on any atom is -0.461 e. The Bertz CT molecular complexity index is 706. The van der Waals surface area contributed by atoms with Gasteiger partial charge in [0.15, 0.2) is 10.8 Å². The molecule has 2 rings (SSSR count). The Kier molecular flexibility index (Phi) is 4.99. The normalized spacial score (nSPS) is 10.1. The van der Waals surface area contributed by atoms with Crippen LogP contribution in [-0.4, -0.2) is 23.6 Å². The van der Waals surface area contributed by atoms with Crippen molar-refractivity contribution in [1.29, 1.82) is 0 Å². The lowest BCUT2D eigenvalue weighted by Gasteiger charge is -2.06. The number of esters is 1. The predicted molar refractivity (Wildman–Crippen MR) is 77.1 cm³/mol. The molecule has 0 spiro atoms. The SMILES string of the molecule is CCOC(=O)c1csc(NC(=O)Nc2cc(F)ccc2F)n1. The van der Waals surface area contributed by atoms with Gasteiger partial charge in [-0.3, -0.25) is 5.32 Å². The molecule has 1 aromatic heterocycles. The van der Waals surface area contributed by atoms with Crippen LogP contribution in [-0.2, 0) is 4.74 Å². The highest BCUT2D eigenvalue weighted by molar-refractivity contribution is 7.14. The molecule has 2 amide bonds. The van der Waals surface area contributed by atoms with Crippen LogP contribution in [0.4, 0.5) is 24.4 Å². The van der Waals surface area contributed by atoms with Crippen LogP contribution in [0.2, 0.25) is 0 Å². The molecule has 0 aliphatic carbocycles. The monoisotopic (exact) mass is 327 g/mol. The number of carbonyl (C=O) groups excluding carboxylic acids is 2. The molecular formula is C13H11F2N3O3S. The van der Waals surface area contributed by atoms with Gasteiger partial charge in [-0.25, -0.2) is 23.4 Å². The second-order valence-corrected chi connectivity index (χ2v) is 4.82. The van der Waals surface area contributed by atoms with Gasteiger partial charge in [-0.05, 0) is 19.1 Å². The number of benzene rings is 1. The van der Waals surface area contributed by atoms with E-state index in [9.17, 15) is 18.4 Å². The average molecular weight is 327 g/mol. The number of rotatable bonds is 4. The largest absolute Gasteiger partial charge is 0.461 e. The molecule has 9 heteroatoms. The summed E-state index contributed by atoms with van der Waals surface area (Å²) in [6.45, 7) is 1.86. The van der Waals surface area contributed by atoms with E-state index in [2.05, 4.69) is 15.6 Å². The van der Waals surface area contributed by atoms with Gasteiger partial charge in [-0.2, -0.15) is 0 Å². The first kappa shape index (κ1) is 15.8. The first-order chi connectivity index (χ1) is 10.5. The first-order valence-corrected chi connectivity index (χ1v) is 7.03. The molecule has 0 atom stereocenters. The highest BCUT2D eigenvalue weighted by atomic mass is 32.1. The minimum atomic E-state index is -0.811. The van der Waals surface area contributed by atoms with Crippen molar-refractivity contribution in [3.8, 4) is 0 Å². The van der Waals surface area contributed by atoms with Crippen LogP contribution in [0.3, 0.4) is 0 Å². The van der Waals surface area contributed by atoms with Crippen LogP contribution >= 0.6 is 11.3 Å². The molecule has 0 fully saturated rings. The van der Waals surface area contributed by atoms with Crippen molar-refractivity contribution in [3.63, 3.8) is 0 Å². The summed E-state index contributed by atoms with van der Waals surface area (Å²) in [5, 5.41) is 6.00. The highest BCUT2D eigenvalue weighted by Gasteiger charge is 2.14. The van der Waals surface area contributed by atoms with Gasteiger partial charge in [0.1, 0.15) is 11.6 Å². The molecule has 0 unspecified atom stereocenters. The maximum absolute atomic E-state index is 13.4. The molecule has 1 heterocycles. The Hall–Kier alpha value is -2.55. The molecule has 6 nitrogen and oxygen atoms in total. The Morgan fingerprint density at radius 2 is 2.09 bits per heavy atom. The molecule has 22 heavy (non-hydrogen) atoms. The molecule has 0 radical (unpaired) electrons. The van der Waals surface area contributed by atoms with E-state index in [1.807, 2.05) is 0 Å². The van der Waals surface area contributed by atoms with E-state index in [1.165, 1.54) is 5.38 Å². The van der Waals surface area contributed by atoms with Gasteiger partial charge < -0.3 is 10.1 Å². The minimum absolute atomic E-state index is 0.0547. The lowest BCUT2D eigenvalue weighted by atomic mass is 10.3. The predicted octanol–water partition coefficient (Wildman–Crippen LogP) is 3.24. The summed E-state index contributed by atoms with van der Waals surface area (Å²) >= 11 is 0.998.